The molecule has 68 valence electrons. The molecule has 1 rings (SSSR count). The number of rotatable bonds is 2. The van der Waals surface area contributed by atoms with Gasteiger partial charge in [-0.25, -0.2) is 4.39 Å². The summed E-state index contributed by atoms with van der Waals surface area (Å²) in [5.74, 6) is 2.46. The van der Waals surface area contributed by atoms with Gasteiger partial charge in [-0.3, -0.25) is 0 Å². The molecule has 0 atom stereocenters. The minimum atomic E-state index is -0.390. The lowest BCUT2D eigenvalue weighted by molar-refractivity contribution is 0.242. The van der Waals surface area contributed by atoms with E-state index in [9.17, 15) is 4.39 Å². The second-order valence-corrected chi connectivity index (χ2v) is 2.95. The summed E-state index contributed by atoms with van der Waals surface area (Å²) in [6, 6.07) is 4.40. The zero-order valence-corrected chi connectivity index (χ0v) is 7.67. The summed E-state index contributed by atoms with van der Waals surface area (Å²) in [6.45, 7) is 3.80. The van der Waals surface area contributed by atoms with Gasteiger partial charge in [-0.2, -0.15) is 0 Å². The first-order valence-corrected chi connectivity index (χ1v) is 4.06. The quantitative estimate of drug-likeness (QED) is 0.632. The molecule has 0 saturated carbocycles. The van der Waals surface area contributed by atoms with Gasteiger partial charge in [0.05, 0.1) is 11.7 Å². The van der Waals surface area contributed by atoms with Crippen molar-refractivity contribution in [3.05, 3.63) is 29.6 Å². The normalized spacial score (nSPS) is 9.77. The van der Waals surface area contributed by atoms with Crippen molar-refractivity contribution in [1.29, 1.82) is 0 Å². The van der Waals surface area contributed by atoms with E-state index in [-0.39, 0.29) is 11.7 Å². The summed E-state index contributed by atoms with van der Waals surface area (Å²) in [5.41, 5.74) is 0.234. The van der Waals surface area contributed by atoms with Gasteiger partial charge in [-0.15, -0.1) is 6.42 Å². The molecule has 0 radical (unpaired) electrons. The van der Waals surface area contributed by atoms with Crippen LogP contribution >= 0.6 is 0 Å². The van der Waals surface area contributed by atoms with Crippen molar-refractivity contribution in [2.45, 2.75) is 20.0 Å². The van der Waals surface area contributed by atoms with Gasteiger partial charge >= 0.3 is 0 Å². The minimum absolute atomic E-state index is 0.0658. The Hall–Kier alpha value is -1.49. The highest BCUT2D eigenvalue weighted by atomic mass is 19.1. The maximum Gasteiger partial charge on any atom is 0.139 e. The zero-order valence-electron chi connectivity index (χ0n) is 7.67. The van der Waals surface area contributed by atoms with Crippen LogP contribution in [0.25, 0.3) is 0 Å². The third-order valence-electron chi connectivity index (χ3n) is 1.47. The number of terminal acetylenes is 1. The van der Waals surface area contributed by atoms with Crippen molar-refractivity contribution < 1.29 is 9.13 Å². The van der Waals surface area contributed by atoms with Crippen LogP contribution in [0.3, 0.4) is 0 Å². The smallest absolute Gasteiger partial charge is 0.139 e. The van der Waals surface area contributed by atoms with Gasteiger partial charge < -0.3 is 4.74 Å². The average Bonchev–Trinajstić information content (AvgIpc) is 2.07. The summed E-state index contributed by atoms with van der Waals surface area (Å²) < 4.78 is 18.3. The maximum absolute atomic E-state index is 12.9. The first-order valence-electron chi connectivity index (χ1n) is 4.06. The second kappa shape index (κ2) is 3.95. The highest BCUT2D eigenvalue weighted by Crippen LogP contribution is 2.17. The Morgan fingerprint density at radius 1 is 1.46 bits per heavy atom. The SMILES string of the molecule is C#Cc1cc(OC(C)C)ccc1F. The molecular formula is C11H11FO. The molecule has 2 heteroatoms. The first kappa shape index (κ1) is 9.60. The molecule has 0 spiro atoms. The van der Waals surface area contributed by atoms with Gasteiger partial charge in [0.1, 0.15) is 11.6 Å². The highest BCUT2D eigenvalue weighted by molar-refractivity contribution is 5.39. The van der Waals surface area contributed by atoms with Gasteiger partial charge in [0.2, 0.25) is 0 Å². The van der Waals surface area contributed by atoms with Crippen LogP contribution in [0.2, 0.25) is 0 Å². The molecule has 1 nitrogen and oxygen atoms in total. The number of hydrogen-bond donors (Lipinski definition) is 0. The summed E-state index contributed by atoms with van der Waals surface area (Å²) in [5, 5.41) is 0. The molecule has 0 unspecified atom stereocenters. The third-order valence-corrected chi connectivity index (χ3v) is 1.47. The van der Waals surface area contributed by atoms with E-state index in [4.69, 9.17) is 11.2 Å². The number of benzene rings is 1. The molecule has 0 amide bonds. The van der Waals surface area contributed by atoms with E-state index in [1.165, 1.54) is 12.1 Å². The average molecular weight is 178 g/mol. The van der Waals surface area contributed by atoms with Gasteiger partial charge in [-0.1, -0.05) is 5.92 Å². The van der Waals surface area contributed by atoms with Crippen LogP contribution in [0.1, 0.15) is 19.4 Å². The van der Waals surface area contributed by atoms with E-state index in [0.29, 0.717) is 5.75 Å². The van der Waals surface area contributed by atoms with Crippen LogP contribution in [0.4, 0.5) is 4.39 Å². The molecule has 0 saturated heterocycles. The molecule has 0 aliphatic rings. The Morgan fingerprint density at radius 2 is 2.15 bits per heavy atom. The molecule has 1 aromatic rings. The molecule has 0 aromatic heterocycles. The Morgan fingerprint density at radius 3 is 2.69 bits per heavy atom. The molecule has 0 bridgehead atoms. The predicted molar refractivity (Wildman–Crippen MR) is 50.1 cm³/mol. The Balaban J connectivity index is 2.95. The van der Waals surface area contributed by atoms with Crippen LogP contribution in [0.5, 0.6) is 5.75 Å². The lowest BCUT2D eigenvalue weighted by Crippen LogP contribution is -2.05. The van der Waals surface area contributed by atoms with E-state index < -0.39 is 5.82 Å². The lowest BCUT2D eigenvalue weighted by atomic mass is 10.2. The minimum Gasteiger partial charge on any atom is -0.491 e. The van der Waals surface area contributed by atoms with Crippen molar-refractivity contribution in [3.63, 3.8) is 0 Å². The van der Waals surface area contributed by atoms with E-state index >= 15 is 0 Å². The van der Waals surface area contributed by atoms with Gasteiger partial charge in [-0.05, 0) is 32.0 Å². The molecule has 0 heterocycles. The molecule has 13 heavy (non-hydrogen) atoms. The van der Waals surface area contributed by atoms with E-state index in [1.54, 1.807) is 6.07 Å². The van der Waals surface area contributed by atoms with Crippen molar-refractivity contribution >= 4 is 0 Å². The van der Waals surface area contributed by atoms with Crippen molar-refractivity contribution in [2.75, 3.05) is 0 Å². The predicted octanol–water partition coefficient (Wildman–Crippen LogP) is 2.59. The molecule has 0 fully saturated rings. The fourth-order valence-electron chi connectivity index (χ4n) is 0.960. The third kappa shape index (κ3) is 2.48. The monoisotopic (exact) mass is 178 g/mol. The largest absolute Gasteiger partial charge is 0.491 e. The molecule has 0 N–H and O–H groups in total. The summed E-state index contributed by atoms with van der Waals surface area (Å²) in [6.07, 6.45) is 5.17. The summed E-state index contributed by atoms with van der Waals surface area (Å²) in [4.78, 5) is 0. The number of ether oxygens (including phenoxy) is 1. The summed E-state index contributed by atoms with van der Waals surface area (Å²) in [7, 11) is 0. The second-order valence-electron chi connectivity index (χ2n) is 2.95. The van der Waals surface area contributed by atoms with E-state index in [1.807, 2.05) is 13.8 Å². The number of halogens is 1. The maximum atomic E-state index is 12.9. The van der Waals surface area contributed by atoms with Gasteiger partial charge in [0.25, 0.3) is 0 Å². The van der Waals surface area contributed by atoms with Crippen LogP contribution in [0, 0.1) is 18.2 Å². The van der Waals surface area contributed by atoms with Crippen molar-refractivity contribution in [2.24, 2.45) is 0 Å². The van der Waals surface area contributed by atoms with E-state index in [0.717, 1.165) is 0 Å². The zero-order chi connectivity index (χ0) is 9.84. The molecule has 0 aliphatic carbocycles. The highest BCUT2D eigenvalue weighted by Gasteiger charge is 2.02. The van der Waals surface area contributed by atoms with Crippen LogP contribution in [0.15, 0.2) is 18.2 Å². The Bertz CT molecular complexity index is 336. The first-order chi connectivity index (χ1) is 6.13. The Labute approximate surface area is 77.5 Å². The van der Waals surface area contributed by atoms with Crippen molar-refractivity contribution in [1.82, 2.24) is 0 Å². The van der Waals surface area contributed by atoms with Gasteiger partial charge in [0.15, 0.2) is 0 Å². The molecule has 1 aromatic carbocycles. The molecular weight excluding hydrogens is 167 g/mol. The fraction of sp³-hybridized carbons (Fsp3) is 0.273. The van der Waals surface area contributed by atoms with Crippen LogP contribution in [-0.4, -0.2) is 6.10 Å². The topological polar surface area (TPSA) is 9.23 Å². The fourth-order valence-corrected chi connectivity index (χ4v) is 0.960. The van der Waals surface area contributed by atoms with Crippen LogP contribution in [-0.2, 0) is 0 Å². The summed E-state index contributed by atoms with van der Waals surface area (Å²) >= 11 is 0. The molecule has 0 aliphatic heterocycles. The van der Waals surface area contributed by atoms with E-state index in [2.05, 4.69) is 5.92 Å². The lowest BCUT2D eigenvalue weighted by Gasteiger charge is -2.09. The Kier molecular flexibility index (Phi) is 2.92. The standard InChI is InChI=1S/C11H11FO/c1-4-9-7-10(13-8(2)3)5-6-11(9)12/h1,5-8H,2-3H3. The van der Waals surface area contributed by atoms with Crippen LogP contribution < -0.4 is 4.74 Å². The van der Waals surface area contributed by atoms with Crippen molar-refractivity contribution in [3.8, 4) is 18.1 Å². The van der Waals surface area contributed by atoms with Gasteiger partial charge in [0, 0.05) is 0 Å². The number of hydrogen-bond acceptors (Lipinski definition) is 1.